The molecule has 1 amide bonds. The Hall–Kier alpha value is -4.13. The molecule has 7 nitrogen and oxygen atoms in total. The van der Waals surface area contributed by atoms with Gasteiger partial charge >= 0.3 is 5.97 Å². The molecule has 2 aliphatic rings. The second-order valence-electron chi connectivity index (χ2n) is 12.4. The van der Waals surface area contributed by atoms with Gasteiger partial charge in [0.25, 0.3) is 11.9 Å². The molecule has 42 heavy (non-hydrogen) atoms. The molecular formula is C35H41N3O4. The number of carboxylic acids is 1. The SMILES string of the molecule is CC(C)(C)C1CCC(N2C(=Nc3cccc(-c4ccccc4)c3)OCC2c2ccc(C(=O)NCCC(=O)O)cc2)CC1. The largest absolute Gasteiger partial charge is 0.481 e. The van der Waals surface area contributed by atoms with E-state index >= 15 is 0 Å². The van der Waals surface area contributed by atoms with Gasteiger partial charge in [-0.1, -0.05) is 75.4 Å². The average Bonchev–Trinajstić information content (AvgIpc) is 3.40. The number of amidine groups is 1. The molecule has 2 fully saturated rings. The number of ether oxygens (including phenoxy) is 1. The minimum absolute atomic E-state index is 0.0126. The number of benzene rings is 3. The molecule has 1 atom stereocenters. The van der Waals surface area contributed by atoms with Crippen LogP contribution < -0.4 is 5.32 Å². The summed E-state index contributed by atoms with van der Waals surface area (Å²) in [5.41, 5.74) is 4.98. The topological polar surface area (TPSA) is 91.2 Å². The Kier molecular flexibility index (Phi) is 8.95. The molecule has 1 saturated carbocycles. The van der Waals surface area contributed by atoms with Gasteiger partial charge in [0.1, 0.15) is 6.61 Å². The van der Waals surface area contributed by atoms with Gasteiger partial charge in [-0.2, -0.15) is 4.99 Å². The Labute approximate surface area is 248 Å². The van der Waals surface area contributed by atoms with E-state index in [-0.39, 0.29) is 24.9 Å². The van der Waals surface area contributed by atoms with Gasteiger partial charge in [-0.15, -0.1) is 0 Å². The van der Waals surface area contributed by atoms with Crippen LogP contribution in [-0.2, 0) is 9.53 Å². The van der Waals surface area contributed by atoms with Gasteiger partial charge in [-0.3, -0.25) is 9.59 Å². The van der Waals surface area contributed by atoms with E-state index in [1.165, 1.54) is 12.8 Å². The van der Waals surface area contributed by atoms with Crippen LogP contribution in [0.1, 0.15) is 74.8 Å². The summed E-state index contributed by atoms with van der Waals surface area (Å²) in [7, 11) is 0. The Balaban J connectivity index is 1.40. The fourth-order valence-corrected chi connectivity index (χ4v) is 6.16. The molecule has 0 radical (unpaired) electrons. The van der Waals surface area contributed by atoms with Crippen LogP contribution in [-0.4, -0.2) is 47.1 Å². The molecule has 1 aliphatic carbocycles. The maximum Gasteiger partial charge on any atom is 0.305 e. The van der Waals surface area contributed by atoms with Crippen molar-refractivity contribution in [3.8, 4) is 11.1 Å². The van der Waals surface area contributed by atoms with Crippen LogP contribution in [0.4, 0.5) is 5.69 Å². The van der Waals surface area contributed by atoms with Crippen molar-refractivity contribution in [1.82, 2.24) is 10.2 Å². The Morgan fingerprint density at radius 3 is 2.29 bits per heavy atom. The number of nitrogens with one attached hydrogen (secondary N) is 1. The van der Waals surface area contributed by atoms with E-state index in [9.17, 15) is 9.59 Å². The smallest absolute Gasteiger partial charge is 0.305 e. The van der Waals surface area contributed by atoms with Crippen molar-refractivity contribution in [2.24, 2.45) is 16.3 Å². The van der Waals surface area contributed by atoms with E-state index in [1.807, 2.05) is 42.5 Å². The summed E-state index contributed by atoms with van der Waals surface area (Å²) in [6.45, 7) is 7.60. The van der Waals surface area contributed by atoms with Crippen molar-refractivity contribution < 1.29 is 19.4 Å². The molecule has 5 rings (SSSR count). The molecule has 3 aromatic rings. The van der Waals surface area contributed by atoms with Crippen molar-refractivity contribution in [2.75, 3.05) is 13.2 Å². The zero-order valence-corrected chi connectivity index (χ0v) is 24.8. The van der Waals surface area contributed by atoms with E-state index in [4.69, 9.17) is 14.8 Å². The monoisotopic (exact) mass is 567 g/mol. The second-order valence-corrected chi connectivity index (χ2v) is 12.4. The number of aliphatic carboxylic acids is 1. The third kappa shape index (κ3) is 7.01. The van der Waals surface area contributed by atoms with Crippen LogP contribution in [0.15, 0.2) is 83.9 Å². The first-order valence-corrected chi connectivity index (χ1v) is 14.9. The van der Waals surface area contributed by atoms with E-state index in [0.717, 1.165) is 35.2 Å². The summed E-state index contributed by atoms with van der Waals surface area (Å²) in [6, 6.07) is 27.1. The Bertz CT molecular complexity index is 1400. The summed E-state index contributed by atoms with van der Waals surface area (Å²) < 4.78 is 6.32. The van der Waals surface area contributed by atoms with Crippen LogP contribution in [0.5, 0.6) is 0 Å². The van der Waals surface area contributed by atoms with Gasteiger partial charge in [-0.25, -0.2) is 0 Å². The van der Waals surface area contributed by atoms with Crippen molar-refractivity contribution in [1.29, 1.82) is 0 Å². The normalized spacial score (nSPS) is 21.6. The number of rotatable bonds is 8. The molecule has 3 aromatic carbocycles. The molecule has 1 heterocycles. The molecule has 1 saturated heterocycles. The summed E-state index contributed by atoms with van der Waals surface area (Å²) in [4.78, 5) is 30.7. The molecule has 0 aromatic heterocycles. The lowest BCUT2D eigenvalue weighted by molar-refractivity contribution is -0.136. The first-order chi connectivity index (χ1) is 20.2. The summed E-state index contributed by atoms with van der Waals surface area (Å²) >= 11 is 0. The minimum Gasteiger partial charge on any atom is -0.481 e. The van der Waals surface area contributed by atoms with E-state index in [0.29, 0.717) is 35.6 Å². The maximum absolute atomic E-state index is 12.5. The van der Waals surface area contributed by atoms with Crippen molar-refractivity contribution in [2.45, 2.75) is 65.0 Å². The zero-order chi connectivity index (χ0) is 29.7. The maximum atomic E-state index is 12.5. The summed E-state index contributed by atoms with van der Waals surface area (Å²) in [6.07, 6.45) is 4.39. The van der Waals surface area contributed by atoms with Crippen molar-refractivity contribution >= 4 is 23.6 Å². The molecule has 220 valence electrons. The summed E-state index contributed by atoms with van der Waals surface area (Å²) in [5, 5.41) is 11.5. The van der Waals surface area contributed by atoms with Gasteiger partial charge in [0, 0.05) is 18.2 Å². The van der Waals surface area contributed by atoms with Crippen molar-refractivity contribution in [3.05, 3.63) is 90.0 Å². The lowest BCUT2D eigenvalue weighted by Crippen LogP contribution is -2.42. The lowest BCUT2D eigenvalue weighted by atomic mass is 9.71. The molecular weight excluding hydrogens is 526 g/mol. The fourth-order valence-electron chi connectivity index (χ4n) is 6.16. The van der Waals surface area contributed by atoms with E-state index in [1.54, 1.807) is 12.1 Å². The number of carboxylic acid groups (broad SMARTS) is 1. The average molecular weight is 568 g/mol. The fraction of sp³-hybridized carbons (Fsp3) is 0.400. The molecule has 7 heteroatoms. The number of hydrogen-bond acceptors (Lipinski definition) is 4. The zero-order valence-electron chi connectivity index (χ0n) is 24.8. The Morgan fingerprint density at radius 1 is 0.929 bits per heavy atom. The minimum atomic E-state index is -0.937. The standard InChI is InChI=1S/C35H41N3O4/c1-35(2,3)28-16-18-30(19-17-28)38-31(25-12-14-26(15-13-25)33(41)36-21-20-32(39)40)23-42-34(38)37-29-11-7-10-27(22-29)24-8-5-4-6-9-24/h4-15,22,28,30-31H,16-21,23H2,1-3H3,(H,36,41)(H,39,40). The highest BCUT2D eigenvalue weighted by atomic mass is 16.5. The first-order valence-electron chi connectivity index (χ1n) is 14.9. The highest BCUT2D eigenvalue weighted by Crippen LogP contribution is 2.42. The lowest BCUT2D eigenvalue weighted by Gasteiger charge is -2.41. The van der Waals surface area contributed by atoms with Crippen LogP contribution in [0, 0.1) is 11.3 Å². The highest BCUT2D eigenvalue weighted by molar-refractivity contribution is 5.94. The van der Waals surface area contributed by atoms with Gasteiger partial charge < -0.3 is 20.1 Å². The van der Waals surface area contributed by atoms with Gasteiger partial charge in [-0.05, 0) is 78.0 Å². The second kappa shape index (κ2) is 12.8. The third-order valence-corrected chi connectivity index (χ3v) is 8.60. The Morgan fingerprint density at radius 2 is 1.62 bits per heavy atom. The molecule has 2 N–H and O–H groups in total. The summed E-state index contributed by atoms with van der Waals surface area (Å²) in [5.74, 6) is -0.520. The van der Waals surface area contributed by atoms with Gasteiger partial charge in [0.15, 0.2) is 0 Å². The molecule has 1 unspecified atom stereocenters. The predicted molar refractivity (Wildman–Crippen MR) is 166 cm³/mol. The number of nitrogens with zero attached hydrogens (tertiary/aromatic N) is 2. The predicted octanol–water partition coefficient (Wildman–Crippen LogP) is 7.22. The number of amides is 1. The van der Waals surface area contributed by atoms with Crippen LogP contribution in [0.2, 0.25) is 0 Å². The first kappa shape index (κ1) is 29.4. The quantitative estimate of drug-likeness (QED) is 0.300. The van der Waals surface area contributed by atoms with E-state index in [2.05, 4.69) is 55.3 Å². The highest BCUT2D eigenvalue weighted by Gasteiger charge is 2.40. The molecule has 0 spiro atoms. The number of aliphatic imine (C=N–C) groups is 1. The van der Waals surface area contributed by atoms with Crippen LogP contribution >= 0.6 is 0 Å². The van der Waals surface area contributed by atoms with Gasteiger partial charge in [0.2, 0.25) is 0 Å². The van der Waals surface area contributed by atoms with Crippen LogP contribution in [0.3, 0.4) is 0 Å². The number of carbonyl (C=O) groups is 2. The third-order valence-electron chi connectivity index (χ3n) is 8.60. The number of carbonyl (C=O) groups excluding carboxylic acids is 1. The van der Waals surface area contributed by atoms with Crippen LogP contribution in [0.25, 0.3) is 11.1 Å². The van der Waals surface area contributed by atoms with Crippen molar-refractivity contribution in [3.63, 3.8) is 0 Å². The van der Waals surface area contributed by atoms with E-state index < -0.39 is 5.97 Å². The number of hydrogen-bond donors (Lipinski definition) is 2. The molecule has 1 aliphatic heterocycles. The van der Waals surface area contributed by atoms with Gasteiger partial charge in [0.05, 0.1) is 18.2 Å². The molecule has 0 bridgehead atoms.